The standard InChI is InChI=1S/C24H29N5O2.ClH/c1-15-7-6-8-17(9-15)18-10-21-20(11-19(18)28(5)24(3)13-27(4)14-24)29-16(2)23(30)26-25-22(29)12-31-21;/h6-11,16H,12-14H2,1-5H3,(H,26,30);1H. The van der Waals surface area contributed by atoms with Crippen LogP contribution in [0.25, 0.3) is 11.1 Å². The zero-order chi connectivity index (χ0) is 21.9. The zero-order valence-electron chi connectivity index (χ0n) is 19.2. The molecular weight excluding hydrogens is 426 g/mol. The Labute approximate surface area is 195 Å². The number of amides is 1. The molecule has 2 aromatic carbocycles. The summed E-state index contributed by atoms with van der Waals surface area (Å²) in [5, 5.41) is 4.23. The maximum Gasteiger partial charge on any atom is 0.262 e. The fourth-order valence-electron chi connectivity index (χ4n) is 5.00. The highest BCUT2D eigenvalue weighted by Gasteiger charge is 2.42. The van der Waals surface area contributed by atoms with Crippen molar-refractivity contribution in [3.05, 3.63) is 42.0 Å². The molecule has 0 aromatic heterocycles. The molecule has 0 saturated carbocycles. The molecule has 1 fully saturated rings. The summed E-state index contributed by atoms with van der Waals surface area (Å²) in [7, 11) is 4.31. The molecule has 1 unspecified atom stereocenters. The molecular formula is C24H30ClN5O2. The molecule has 1 amide bonds. The Balaban J connectivity index is 0.00000245. The minimum absolute atomic E-state index is 0. The van der Waals surface area contributed by atoms with Gasteiger partial charge < -0.3 is 19.4 Å². The smallest absolute Gasteiger partial charge is 0.262 e. The number of likely N-dealkylation sites (tertiary alicyclic amines) is 1. The SMILES string of the molecule is Cc1cccc(-c2cc3c(cc2N(C)C2(C)CN(C)C2)N2C(=NNC(=O)C2C)CO3)c1.Cl. The number of ether oxygens (including phenoxy) is 1. The van der Waals surface area contributed by atoms with Gasteiger partial charge in [0.1, 0.15) is 18.4 Å². The molecule has 0 spiro atoms. The van der Waals surface area contributed by atoms with E-state index in [9.17, 15) is 4.79 Å². The summed E-state index contributed by atoms with van der Waals surface area (Å²) in [6, 6.07) is 12.5. The topological polar surface area (TPSA) is 60.4 Å². The zero-order valence-corrected chi connectivity index (χ0v) is 20.0. The van der Waals surface area contributed by atoms with Crippen molar-refractivity contribution in [3.8, 4) is 16.9 Å². The Morgan fingerprint density at radius 1 is 1.25 bits per heavy atom. The second-order valence-corrected chi connectivity index (χ2v) is 9.27. The van der Waals surface area contributed by atoms with E-state index < -0.39 is 0 Å². The van der Waals surface area contributed by atoms with Crippen LogP contribution < -0.4 is 20.0 Å². The van der Waals surface area contributed by atoms with E-state index in [1.165, 1.54) is 5.56 Å². The van der Waals surface area contributed by atoms with Crippen LogP contribution in [-0.2, 0) is 4.79 Å². The summed E-state index contributed by atoms with van der Waals surface area (Å²) in [6.07, 6.45) is 0. The number of rotatable bonds is 3. The number of nitrogens with one attached hydrogen (secondary N) is 1. The van der Waals surface area contributed by atoms with Crippen molar-refractivity contribution >= 4 is 35.5 Å². The van der Waals surface area contributed by atoms with Gasteiger partial charge in [0.05, 0.1) is 11.2 Å². The predicted molar refractivity (Wildman–Crippen MR) is 131 cm³/mol. The van der Waals surface area contributed by atoms with Crippen LogP contribution in [0.15, 0.2) is 41.5 Å². The van der Waals surface area contributed by atoms with Gasteiger partial charge in [0.25, 0.3) is 5.91 Å². The summed E-state index contributed by atoms with van der Waals surface area (Å²) in [4.78, 5) is 19.0. The molecule has 5 rings (SSSR count). The minimum Gasteiger partial charge on any atom is -0.483 e. The molecule has 0 bridgehead atoms. The van der Waals surface area contributed by atoms with Crippen LogP contribution in [0.4, 0.5) is 11.4 Å². The number of carbonyl (C=O) groups is 1. The van der Waals surface area contributed by atoms with Gasteiger partial charge in [0.2, 0.25) is 0 Å². The molecule has 0 aliphatic carbocycles. The Morgan fingerprint density at radius 3 is 2.69 bits per heavy atom. The van der Waals surface area contributed by atoms with E-state index in [-0.39, 0.29) is 29.9 Å². The summed E-state index contributed by atoms with van der Waals surface area (Å²) in [5.41, 5.74) is 8.17. The molecule has 2 aromatic rings. The highest BCUT2D eigenvalue weighted by atomic mass is 35.5. The number of hydrogen-bond donors (Lipinski definition) is 1. The van der Waals surface area contributed by atoms with Gasteiger partial charge in [-0.15, -0.1) is 12.4 Å². The Bertz CT molecular complexity index is 1100. The van der Waals surface area contributed by atoms with Crippen molar-refractivity contribution in [1.82, 2.24) is 10.3 Å². The summed E-state index contributed by atoms with van der Waals surface area (Å²) >= 11 is 0. The third-order valence-corrected chi connectivity index (χ3v) is 6.75. The number of likely N-dealkylation sites (N-methyl/N-ethyl adjacent to an activating group) is 2. The van der Waals surface area contributed by atoms with E-state index in [1.807, 2.05) is 11.8 Å². The van der Waals surface area contributed by atoms with Crippen LogP contribution >= 0.6 is 12.4 Å². The molecule has 1 N–H and O–H groups in total. The van der Waals surface area contributed by atoms with E-state index in [2.05, 4.69) is 84.7 Å². The maximum atomic E-state index is 12.3. The highest BCUT2D eigenvalue weighted by molar-refractivity contribution is 6.10. The van der Waals surface area contributed by atoms with Gasteiger partial charge in [-0.05, 0) is 45.5 Å². The average Bonchev–Trinajstić information content (AvgIpc) is 2.73. The van der Waals surface area contributed by atoms with E-state index in [0.29, 0.717) is 6.61 Å². The third kappa shape index (κ3) is 3.49. The first-order valence-electron chi connectivity index (χ1n) is 10.7. The Morgan fingerprint density at radius 2 is 2.00 bits per heavy atom. The van der Waals surface area contributed by atoms with Crippen molar-refractivity contribution in [3.63, 3.8) is 0 Å². The van der Waals surface area contributed by atoms with Crippen LogP contribution in [0.1, 0.15) is 19.4 Å². The molecule has 170 valence electrons. The van der Waals surface area contributed by atoms with Crippen LogP contribution in [0, 0.1) is 6.92 Å². The number of hydrazone groups is 1. The van der Waals surface area contributed by atoms with Crippen LogP contribution in [0.3, 0.4) is 0 Å². The minimum atomic E-state index is -0.344. The number of carbonyl (C=O) groups excluding carboxylic acids is 1. The highest BCUT2D eigenvalue weighted by Crippen LogP contribution is 2.45. The monoisotopic (exact) mass is 455 g/mol. The lowest BCUT2D eigenvalue weighted by Crippen LogP contribution is -2.66. The van der Waals surface area contributed by atoms with E-state index in [4.69, 9.17) is 4.74 Å². The summed E-state index contributed by atoms with van der Waals surface area (Å²) in [6.45, 7) is 8.65. The van der Waals surface area contributed by atoms with Crippen molar-refractivity contribution in [2.75, 3.05) is 43.6 Å². The van der Waals surface area contributed by atoms with Crippen molar-refractivity contribution in [2.45, 2.75) is 32.4 Å². The van der Waals surface area contributed by atoms with Crippen molar-refractivity contribution in [1.29, 1.82) is 0 Å². The maximum absolute atomic E-state index is 12.3. The molecule has 3 aliphatic heterocycles. The molecule has 3 aliphatic rings. The molecule has 8 heteroatoms. The number of benzene rings is 2. The lowest BCUT2D eigenvalue weighted by Gasteiger charge is -2.53. The van der Waals surface area contributed by atoms with Gasteiger partial charge in [-0.1, -0.05) is 29.8 Å². The quantitative estimate of drug-likeness (QED) is 0.769. The van der Waals surface area contributed by atoms with Gasteiger partial charge >= 0.3 is 0 Å². The Hall–Kier alpha value is -2.77. The molecule has 0 radical (unpaired) electrons. The van der Waals surface area contributed by atoms with Crippen LogP contribution in [-0.4, -0.2) is 62.0 Å². The number of aryl methyl sites for hydroxylation is 1. The summed E-state index contributed by atoms with van der Waals surface area (Å²) < 4.78 is 6.10. The van der Waals surface area contributed by atoms with Crippen molar-refractivity contribution in [2.24, 2.45) is 5.10 Å². The van der Waals surface area contributed by atoms with Crippen LogP contribution in [0.2, 0.25) is 0 Å². The Kier molecular flexibility index (Phi) is 5.59. The number of fused-ring (bicyclic) bond motifs is 3. The predicted octanol–water partition coefficient (Wildman–Crippen LogP) is 3.25. The van der Waals surface area contributed by atoms with Crippen LogP contribution in [0.5, 0.6) is 5.75 Å². The molecule has 1 saturated heterocycles. The lowest BCUT2D eigenvalue weighted by atomic mass is 9.89. The van der Waals surface area contributed by atoms with Gasteiger partial charge in [-0.25, -0.2) is 5.43 Å². The number of halogens is 1. The first kappa shape index (κ1) is 22.4. The average molecular weight is 456 g/mol. The van der Waals surface area contributed by atoms with E-state index in [1.54, 1.807) is 0 Å². The molecule has 7 nitrogen and oxygen atoms in total. The largest absolute Gasteiger partial charge is 0.483 e. The van der Waals surface area contributed by atoms with E-state index in [0.717, 1.165) is 47.2 Å². The lowest BCUT2D eigenvalue weighted by molar-refractivity contribution is -0.122. The molecule has 3 heterocycles. The fraction of sp³-hybridized carbons (Fsp3) is 0.417. The van der Waals surface area contributed by atoms with Gasteiger partial charge in [-0.3, -0.25) is 4.79 Å². The van der Waals surface area contributed by atoms with Gasteiger partial charge in [0, 0.05) is 31.4 Å². The fourth-order valence-corrected chi connectivity index (χ4v) is 5.00. The van der Waals surface area contributed by atoms with Crippen molar-refractivity contribution < 1.29 is 9.53 Å². The second kappa shape index (κ2) is 7.98. The number of nitrogens with zero attached hydrogens (tertiary/aromatic N) is 4. The number of anilines is 2. The number of hydrogen-bond acceptors (Lipinski definition) is 6. The second-order valence-electron chi connectivity index (χ2n) is 9.27. The van der Waals surface area contributed by atoms with Gasteiger partial charge in [0.15, 0.2) is 5.84 Å². The first-order valence-corrected chi connectivity index (χ1v) is 10.7. The first-order chi connectivity index (χ1) is 14.8. The summed E-state index contributed by atoms with van der Waals surface area (Å²) in [5.74, 6) is 1.40. The van der Waals surface area contributed by atoms with Gasteiger partial charge in [-0.2, -0.15) is 5.10 Å². The number of amidine groups is 1. The normalized spacial score (nSPS) is 21.2. The molecule has 32 heavy (non-hydrogen) atoms. The van der Waals surface area contributed by atoms with E-state index >= 15 is 0 Å². The third-order valence-electron chi connectivity index (χ3n) is 6.75. The molecule has 1 atom stereocenters.